The number of benzene rings is 2. The van der Waals surface area contributed by atoms with Crippen molar-refractivity contribution in [3.05, 3.63) is 76.9 Å². The highest BCUT2D eigenvalue weighted by Crippen LogP contribution is 2.27. The summed E-state index contributed by atoms with van der Waals surface area (Å²) in [7, 11) is 1.28. The molecule has 0 aliphatic carbocycles. The fourth-order valence-corrected chi connectivity index (χ4v) is 2.88. The summed E-state index contributed by atoms with van der Waals surface area (Å²) < 4.78 is 23.1. The molecule has 0 aliphatic rings. The maximum atomic E-state index is 12.9. The molecule has 0 N–H and O–H groups in total. The normalized spacial score (nSPS) is 10.7. The number of hydrogen-bond acceptors (Lipinski definition) is 7. The van der Waals surface area contributed by atoms with E-state index in [4.69, 9.17) is 13.9 Å². The molecule has 0 saturated heterocycles. The second-order valence-corrected chi connectivity index (χ2v) is 6.40. The standard InChI is InChI=1S/C22H18N2O6/c1-14-22(30-17-11-23-24(12-17)15-6-4-3-5-7-15)21(26)18-9-8-16(10-19(18)29-14)28-13-20(25)27-2/h3-12H,13H2,1-2H3. The fourth-order valence-electron chi connectivity index (χ4n) is 2.88. The van der Waals surface area contributed by atoms with E-state index in [1.54, 1.807) is 36.0 Å². The van der Waals surface area contributed by atoms with Gasteiger partial charge < -0.3 is 18.6 Å². The van der Waals surface area contributed by atoms with E-state index >= 15 is 0 Å². The molecule has 2 aromatic carbocycles. The fraction of sp³-hybridized carbons (Fsp3) is 0.136. The second kappa shape index (κ2) is 8.12. The van der Waals surface area contributed by atoms with Crippen LogP contribution in [-0.2, 0) is 9.53 Å². The van der Waals surface area contributed by atoms with Gasteiger partial charge in [-0.2, -0.15) is 5.10 Å². The summed E-state index contributed by atoms with van der Waals surface area (Å²) in [6, 6.07) is 14.2. The zero-order chi connectivity index (χ0) is 21.1. The van der Waals surface area contributed by atoms with Gasteiger partial charge in [0.1, 0.15) is 17.1 Å². The number of hydrogen-bond donors (Lipinski definition) is 0. The zero-order valence-electron chi connectivity index (χ0n) is 16.3. The summed E-state index contributed by atoms with van der Waals surface area (Å²) in [5.41, 5.74) is 0.877. The molecule has 0 amide bonds. The summed E-state index contributed by atoms with van der Waals surface area (Å²) in [4.78, 5) is 24.2. The van der Waals surface area contributed by atoms with Crippen molar-refractivity contribution in [1.29, 1.82) is 0 Å². The van der Waals surface area contributed by atoms with Crippen LogP contribution in [0.25, 0.3) is 16.7 Å². The Kier molecular flexibility index (Phi) is 5.21. The van der Waals surface area contributed by atoms with Crippen LogP contribution in [0.15, 0.2) is 70.1 Å². The monoisotopic (exact) mass is 406 g/mol. The highest BCUT2D eigenvalue weighted by atomic mass is 16.6. The maximum Gasteiger partial charge on any atom is 0.343 e. The first-order valence-electron chi connectivity index (χ1n) is 9.10. The largest absolute Gasteiger partial charge is 0.482 e. The van der Waals surface area contributed by atoms with Gasteiger partial charge in [0.2, 0.25) is 11.2 Å². The van der Waals surface area contributed by atoms with Gasteiger partial charge in [-0.3, -0.25) is 4.79 Å². The lowest BCUT2D eigenvalue weighted by atomic mass is 10.2. The Morgan fingerprint density at radius 3 is 2.70 bits per heavy atom. The van der Waals surface area contributed by atoms with Crippen molar-refractivity contribution >= 4 is 16.9 Å². The molecule has 2 heterocycles. The maximum absolute atomic E-state index is 12.9. The van der Waals surface area contributed by atoms with Gasteiger partial charge in [0.25, 0.3) is 0 Å². The van der Waals surface area contributed by atoms with Crippen molar-refractivity contribution in [3.8, 4) is 22.9 Å². The van der Waals surface area contributed by atoms with Crippen LogP contribution in [0, 0.1) is 6.92 Å². The lowest BCUT2D eigenvalue weighted by Crippen LogP contribution is -2.12. The van der Waals surface area contributed by atoms with Crippen LogP contribution >= 0.6 is 0 Å². The molecule has 4 rings (SSSR count). The van der Waals surface area contributed by atoms with E-state index in [9.17, 15) is 9.59 Å². The van der Waals surface area contributed by atoms with Gasteiger partial charge in [-0.25, -0.2) is 9.48 Å². The highest BCUT2D eigenvalue weighted by molar-refractivity contribution is 5.80. The third-order valence-corrected chi connectivity index (χ3v) is 4.37. The van der Waals surface area contributed by atoms with Gasteiger partial charge in [-0.15, -0.1) is 0 Å². The number of nitrogens with zero attached hydrogens (tertiary/aromatic N) is 2. The Hall–Kier alpha value is -4.07. The van der Waals surface area contributed by atoms with Crippen LogP contribution in [0.5, 0.6) is 17.2 Å². The summed E-state index contributed by atoms with van der Waals surface area (Å²) in [5.74, 6) is 0.677. The Balaban J connectivity index is 1.61. The van der Waals surface area contributed by atoms with E-state index in [0.29, 0.717) is 28.2 Å². The van der Waals surface area contributed by atoms with Crippen molar-refractivity contribution in [3.63, 3.8) is 0 Å². The van der Waals surface area contributed by atoms with Crippen LogP contribution in [0.4, 0.5) is 0 Å². The molecule has 0 saturated carbocycles. The van der Waals surface area contributed by atoms with Crippen molar-refractivity contribution in [1.82, 2.24) is 9.78 Å². The molecule has 0 fully saturated rings. The van der Waals surface area contributed by atoms with E-state index in [0.717, 1.165) is 5.69 Å². The van der Waals surface area contributed by atoms with Gasteiger partial charge in [0, 0.05) is 6.07 Å². The SMILES string of the molecule is COC(=O)COc1ccc2c(=O)c(Oc3cnn(-c4ccccc4)c3)c(C)oc2c1. The topological polar surface area (TPSA) is 92.8 Å². The number of rotatable bonds is 6. The first-order valence-corrected chi connectivity index (χ1v) is 9.10. The number of para-hydroxylation sites is 1. The first-order chi connectivity index (χ1) is 14.5. The van der Waals surface area contributed by atoms with Crippen molar-refractivity contribution in [2.75, 3.05) is 13.7 Å². The Morgan fingerprint density at radius 1 is 1.13 bits per heavy atom. The third kappa shape index (κ3) is 3.88. The van der Waals surface area contributed by atoms with E-state index in [1.165, 1.54) is 13.3 Å². The predicted octanol–water partition coefficient (Wildman–Crippen LogP) is 3.63. The van der Waals surface area contributed by atoms with E-state index in [1.807, 2.05) is 30.3 Å². The number of carbonyl (C=O) groups excluding carboxylic acids is 1. The van der Waals surface area contributed by atoms with Gasteiger partial charge in [-0.05, 0) is 31.2 Å². The van der Waals surface area contributed by atoms with Crippen molar-refractivity contribution in [2.24, 2.45) is 0 Å². The number of carbonyl (C=O) groups is 1. The number of esters is 1. The molecule has 0 bridgehead atoms. The van der Waals surface area contributed by atoms with Gasteiger partial charge in [-0.1, -0.05) is 18.2 Å². The summed E-state index contributed by atoms with van der Waals surface area (Å²) in [6.45, 7) is 1.40. The number of fused-ring (bicyclic) bond motifs is 1. The molecule has 0 unspecified atom stereocenters. The molecular weight excluding hydrogens is 388 g/mol. The van der Waals surface area contributed by atoms with E-state index in [-0.39, 0.29) is 17.8 Å². The van der Waals surface area contributed by atoms with Gasteiger partial charge in [0.15, 0.2) is 12.4 Å². The van der Waals surface area contributed by atoms with Crippen molar-refractivity contribution < 1.29 is 23.4 Å². The van der Waals surface area contributed by atoms with Crippen LogP contribution < -0.4 is 14.9 Å². The summed E-state index contributed by atoms with van der Waals surface area (Å²) in [5, 5.41) is 4.59. The van der Waals surface area contributed by atoms with E-state index in [2.05, 4.69) is 9.84 Å². The zero-order valence-corrected chi connectivity index (χ0v) is 16.3. The highest BCUT2D eigenvalue weighted by Gasteiger charge is 2.16. The molecule has 0 radical (unpaired) electrons. The molecule has 152 valence electrons. The van der Waals surface area contributed by atoms with Crippen LogP contribution in [-0.4, -0.2) is 29.5 Å². The Labute approximate surface area is 171 Å². The number of methoxy groups -OCH3 is 1. The molecule has 30 heavy (non-hydrogen) atoms. The second-order valence-electron chi connectivity index (χ2n) is 6.40. The average molecular weight is 406 g/mol. The predicted molar refractivity (Wildman–Crippen MR) is 108 cm³/mol. The molecule has 0 spiro atoms. The molecule has 4 aromatic rings. The quantitative estimate of drug-likeness (QED) is 0.452. The minimum Gasteiger partial charge on any atom is -0.482 e. The van der Waals surface area contributed by atoms with Crippen LogP contribution in [0.1, 0.15) is 5.76 Å². The van der Waals surface area contributed by atoms with Crippen LogP contribution in [0.2, 0.25) is 0 Å². The van der Waals surface area contributed by atoms with E-state index < -0.39 is 5.97 Å². The van der Waals surface area contributed by atoms with Crippen molar-refractivity contribution in [2.45, 2.75) is 6.92 Å². The van der Waals surface area contributed by atoms with Crippen LogP contribution in [0.3, 0.4) is 0 Å². The molecule has 2 aromatic heterocycles. The minimum absolute atomic E-state index is 0.0818. The smallest absolute Gasteiger partial charge is 0.343 e. The number of aromatic nitrogens is 2. The van der Waals surface area contributed by atoms with Gasteiger partial charge >= 0.3 is 5.97 Å². The number of aryl methyl sites for hydroxylation is 1. The minimum atomic E-state index is -0.507. The molecular formula is C22H18N2O6. The van der Waals surface area contributed by atoms with Gasteiger partial charge in [0.05, 0.1) is 30.6 Å². The molecule has 0 aliphatic heterocycles. The average Bonchev–Trinajstić information content (AvgIpc) is 3.24. The first kappa shape index (κ1) is 19.3. The lowest BCUT2D eigenvalue weighted by Gasteiger charge is -2.09. The molecule has 8 heteroatoms. The third-order valence-electron chi connectivity index (χ3n) is 4.37. The Morgan fingerprint density at radius 2 is 1.93 bits per heavy atom. The Bertz CT molecular complexity index is 1260. The summed E-state index contributed by atoms with van der Waals surface area (Å²) in [6.07, 6.45) is 3.21. The lowest BCUT2D eigenvalue weighted by molar-refractivity contribution is -0.142. The molecule has 0 atom stereocenters. The molecule has 8 nitrogen and oxygen atoms in total. The summed E-state index contributed by atoms with van der Waals surface area (Å²) >= 11 is 0. The number of ether oxygens (including phenoxy) is 3.